The van der Waals surface area contributed by atoms with Crippen molar-refractivity contribution in [3.8, 4) is 11.1 Å². The van der Waals surface area contributed by atoms with Gasteiger partial charge in [0.25, 0.3) is 0 Å². The molecule has 2 aromatic carbocycles. The number of ether oxygens (including phenoxy) is 2. The summed E-state index contributed by atoms with van der Waals surface area (Å²) in [6, 6.07) is 14.5. The SMILES string of the molecule is CC(=O)N1c2ccc(-c3ccc(CN4CCC(NC(=O)OC(C)(C)C)CC4)cc3)cc2[C@@H](NC(=O)OC(C)C)C[C@H]1C. The number of alkyl carbamates (subject to hydrolysis) is 2. The highest BCUT2D eigenvalue weighted by Crippen LogP contribution is 2.39. The van der Waals surface area contributed by atoms with E-state index < -0.39 is 11.7 Å². The van der Waals surface area contributed by atoms with Crippen molar-refractivity contribution in [1.82, 2.24) is 15.5 Å². The van der Waals surface area contributed by atoms with Crippen LogP contribution in [0.2, 0.25) is 0 Å². The zero-order valence-corrected chi connectivity index (χ0v) is 26.0. The summed E-state index contributed by atoms with van der Waals surface area (Å²) in [5.74, 6) is -0.0197. The maximum atomic E-state index is 12.5. The van der Waals surface area contributed by atoms with E-state index in [0.29, 0.717) is 6.42 Å². The number of amides is 3. The molecule has 2 aromatic rings. The summed E-state index contributed by atoms with van der Waals surface area (Å²) in [7, 11) is 0. The summed E-state index contributed by atoms with van der Waals surface area (Å²) in [6.07, 6.45) is 1.37. The van der Waals surface area contributed by atoms with Gasteiger partial charge in [-0.3, -0.25) is 9.69 Å². The van der Waals surface area contributed by atoms with Crippen LogP contribution in [0.5, 0.6) is 0 Å². The van der Waals surface area contributed by atoms with Crippen LogP contribution < -0.4 is 15.5 Å². The molecule has 3 amide bonds. The molecule has 0 saturated carbocycles. The van der Waals surface area contributed by atoms with Gasteiger partial charge in [-0.25, -0.2) is 9.59 Å². The topological polar surface area (TPSA) is 100 Å². The largest absolute Gasteiger partial charge is 0.447 e. The lowest BCUT2D eigenvalue weighted by atomic mass is 9.89. The van der Waals surface area contributed by atoms with E-state index in [1.165, 1.54) is 5.56 Å². The quantitative estimate of drug-likeness (QED) is 0.426. The molecule has 2 atom stereocenters. The molecule has 2 aliphatic heterocycles. The summed E-state index contributed by atoms with van der Waals surface area (Å²) >= 11 is 0. The van der Waals surface area contributed by atoms with Gasteiger partial charge < -0.3 is 25.0 Å². The molecule has 42 heavy (non-hydrogen) atoms. The third-order valence-corrected chi connectivity index (χ3v) is 7.66. The van der Waals surface area contributed by atoms with Gasteiger partial charge in [0.15, 0.2) is 0 Å². The van der Waals surface area contributed by atoms with Crippen molar-refractivity contribution in [3.63, 3.8) is 0 Å². The van der Waals surface area contributed by atoms with Crippen LogP contribution in [0, 0.1) is 0 Å². The molecule has 2 heterocycles. The third kappa shape index (κ3) is 8.25. The van der Waals surface area contributed by atoms with E-state index in [1.54, 1.807) is 11.8 Å². The Kier molecular flexibility index (Phi) is 9.82. The van der Waals surface area contributed by atoms with Crippen LogP contribution in [-0.2, 0) is 20.8 Å². The smallest absolute Gasteiger partial charge is 0.407 e. The van der Waals surface area contributed by atoms with Crippen LogP contribution in [0.1, 0.15) is 84.9 Å². The fraction of sp³-hybridized carbons (Fsp3) is 0.545. The van der Waals surface area contributed by atoms with Crippen LogP contribution in [0.4, 0.5) is 15.3 Å². The Balaban J connectivity index is 1.42. The third-order valence-electron chi connectivity index (χ3n) is 7.66. The first-order chi connectivity index (χ1) is 19.8. The minimum atomic E-state index is -0.496. The van der Waals surface area contributed by atoms with Crippen molar-refractivity contribution < 1.29 is 23.9 Å². The Bertz CT molecular complexity index is 1260. The Morgan fingerprint density at radius 1 is 0.952 bits per heavy atom. The Morgan fingerprint density at radius 2 is 1.60 bits per heavy atom. The van der Waals surface area contributed by atoms with Gasteiger partial charge in [-0.2, -0.15) is 0 Å². The number of hydrogen-bond donors (Lipinski definition) is 2. The molecule has 0 aliphatic carbocycles. The minimum absolute atomic E-state index is 0.0197. The lowest BCUT2D eigenvalue weighted by Crippen LogP contribution is -2.45. The van der Waals surface area contributed by atoms with Gasteiger partial charge in [0.05, 0.1) is 12.1 Å². The fourth-order valence-electron chi connectivity index (χ4n) is 5.82. The molecule has 228 valence electrons. The first kappa shape index (κ1) is 31.3. The van der Waals surface area contributed by atoms with Gasteiger partial charge in [-0.1, -0.05) is 30.3 Å². The number of nitrogens with one attached hydrogen (secondary N) is 2. The average Bonchev–Trinajstić information content (AvgIpc) is 2.88. The zero-order chi connectivity index (χ0) is 30.6. The maximum absolute atomic E-state index is 12.5. The van der Waals surface area contributed by atoms with Crippen molar-refractivity contribution in [3.05, 3.63) is 53.6 Å². The molecule has 2 N–H and O–H groups in total. The molecule has 1 fully saturated rings. The van der Waals surface area contributed by atoms with E-state index in [9.17, 15) is 14.4 Å². The van der Waals surface area contributed by atoms with Gasteiger partial charge in [-0.05, 0) is 95.2 Å². The number of piperidine rings is 1. The van der Waals surface area contributed by atoms with Gasteiger partial charge >= 0.3 is 12.2 Å². The van der Waals surface area contributed by atoms with Crippen molar-refractivity contribution in [2.75, 3.05) is 18.0 Å². The number of carbonyl (C=O) groups excluding carboxylic acids is 3. The van der Waals surface area contributed by atoms with Crippen LogP contribution in [0.15, 0.2) is 42.5 Å². The van der Waals surface area contributed by atoms with Crippen molar-refractivity contribution in [2.45, 2.75) is 104 Å². The Hall–Kier alpha value is -3.59. The standard InChI is InChI=1S/C33H46N4O5/c1-21(2)41-31(39)35-29-18-22(3)37(23(4)38)30-13-12-26(19-28(29)30)25-10-8-24(9-11-25)20-36-16-14-27(15-17-36)34-32(40)42-33(5,6)7/h8-13,19,21-22,27,29H,14-18,20H2,1-7H3,(H,34,40)(H,35,39)/t22-,29+/m1/s1. The molecule has 4 rings (SSSR count). The number of fused-ring (bicyclic) bond motifs is 1. The molecule has 0 unspecified atom stereocenters. The average molecular weight is 579 g/mol. The molecule has 1 saturated heterocycles. The highest BCUT2D eigenvalue weighted by molar-refractivity contribution is 5.94. The zero-order valence-electron chi connectivity index (χ0n) is 26.0. The highest BCUT2D eigenvalue weighted by atomic mass is 16.6. The normalized spacial score (nSPS) is 19.7. The van der Waals surface area contributed by atoms with E-state index in [4.69, 9.17) is 9.47 Å². The van der Waals surface area contributed by atoms with Gasteiger partial charge in [0.1, 0.15) is 5.60 Å². The molecule has 0 aromatic heterocycles. The number of hydrogen-bond acceptors (Lipinski definition) is 6. The summed E-state index contributed by atoms with van der Waals surface area (Å²) in [4.78, 5) is 41.3. The van der Waals surface area contributed by atoms with Crippen molar-refractivity contribution in [2.24, 2.45) is 0 Å². The Morgan fingerprint density at radius 3 is 2.19 bits per heavy atom. The maximum Gasteiger partial charge on any atom is 0.407 e. The second kappa shape index (κ2) is 13.2. The first-order valence-corrected chi connectivity index (χ1v) is 15.0. The van der Waals surface area contributed by atoms with E-state index in [2.05, 4.69) is 45.9 Å². The van der Waals surface area contributed by atoms with Gasteiger partial charge in [-0.15, -0.1) is 0 Å². The lowest BCUT2D eigenvalue weighted by molar-refractivity contribution is -0.117. The number of likely N-dealkylation sites (tertiary alicyclic amines) is 1. The summed E-state index contributed by atoms with van der Waals surface area (Å²) < 4.78 is 10.7. The molecular weight excluding hydrogens is 532 g/mol. The molecule has 9 nitrogen and oxygen atoms in total. The van der Waals surface area contributed by atoms with E-state index in [1.807, 2.05) is 53.7 Å². The van der Waals surface area contributed by atoms with Crippen molar-refractivity contribution in [1.29, 1.82) is 0 Å². The number of rotatable bonds is 6. The molecule has 0 spiro atoms. The number of benzene rings is 2. The van der Waals surface area contributed by atoms with E-state index in [-0.39, 0.29) is 36.2 Å². The number of carbonyl (C=O) groups is 3. The molecule has 0 bridgehead atoms. The Labute approximate surface area is 249 Å². The van der Waals surface area contributed by atoms with Crippen molar-refractivity contribution >= 4 is 23.8 Å². The summed E-state index contributed by atoms with van der Waals surface area (Å²) in [5, 5.41) is 6.02. The van der Waals surface area contributed by atoms with E-state index >= 15 is 0 Å². The first-order valence-electron chi connectivity index (χ1n) is 15.0. The number of nitrogens with zero attached hydrogens (tertiary/aromatic N) is 2. The summed E-state index contributed by atoms with van der Waals surface area (Å²) in [6.45, 7) is 15.5. The fourth-order valence-corrected chi connectivity index (χ4v) is 5.82. The molecule has 9 heteroatoms. The monoisotopic (exact) mass is 578 g/mol. The second-order valence-corrected chi connectivity index (χ2v) is 12.8. The lowest BCUT2D eigenvalue weighted by Gasteiger charge is -2.39. The number of anilines is 1. The molecule has 2 aliphatic rings. The molecular formula is C33H46N4O5. The second-order valence-electron chi connectivity index (χ2n) is 12.8. The predicted molar refractivity (Wildman–Crippen MR) is 164 cm³/mol. The van der Waals surface area contributed by atoms with Crippen LogP contribution in [-0.4, -0.2) is 59.9 Å². The predicted octanol–water partition coefficient (Wildman–Crippen LogP) is 6.16. The van der Waals surface area contributed by atoms with Gasteiger partial charge in [0, 0.05) is 44.3 Å². The summed E-state index contributed by atoms with van der Waals surface area (Å²) in [5.41, 5.74) is 4.55. The molecule has 0 radical (unpaired) electrons. The highest BCUT2D eigenvalue weighted by Gasteiger charge is 2.34. The van der Waals surface area contributed by atoms with Crippen LogP contribution in [0.3, 0.4) is 0 Å². The van der Waals surface area contributed by atoms with Crippen LogP contribution in [0.25, 0.3) is 11.1 Å². The minimum Gasteiger partial charge on any atom is -0.447 e. The van der Waals surface area contributed by atoms with E-state index in [0.717, 1.165) is 54.9 Å². The van der Waals surface area contributed by atoms with Gasteiger partial charge in [0.2, 0.25) is 5.91 Å². The van der Waals surface area contributed by atoms with Crippen LogP contribution >= 0.6 is 0 Å².